The minimum Gasteiger partial charge on any atom is -0.370 e. The molecule has 0 bridgehead atoms. The van der Waals surface area contributed by atoms with Gasteiger partial charge in [0, 0.05) is 12.6 Å². The highest BCUT2D eigenvalue weighted by molar-refractivity contribution is 5.75. The number of halogens is 2. The highest BCUT2D eigenvalue weighted by atomic mass is 19.2. The molecule has 1 aliphatic heterocycles. The molecule has 1 saturated heterocycles. The van der Waals surface area contributed by atoms with E-state index in [-0.39, 0.29) is 12.1 Å². The maximum atomic E-state index is 13.3. The van der Waals surface area contributed by atoms with Gasteiger partial charge in [-0.25, -0.2) is 13.6 Å². The first kappa shape index (κ1) is 14.3. The summed E-state index contributed by atoms with van der Waals surface area (Å²) in [6, 6.07) is 3.86. The van der Waals surface area contributed by atoms with Crippen molar-refractivity contribution in [3.05, 3.63) is 35.4 Å². The molecule has 2 fully saturated rings. The van der Waals surface area contributed by atoms with Gasteiger partial charge in [0.1, 0.15) is 6.10 Å². The summed E-state index contributed by atoms with van der Waals surface area (Å²) in [5.74, 6) is -1.24. The third-order valence-corrected chi connectivity index (χ3v) is 4.09. The predicted octanol–water partition coefficient (Wildman–Crippen LogP) is 2.46. The van der Waals surface area contributed by atoms with Crippen molar-refractivity contribution in [2.45, 2.75) is 25.5 Å². The Morgan fingerprint density at radius 1 is 1.38 bits per heavy atom. The highest BCUT2D eigenvalue weighted by Gasteiger charge is 2.36. The molecular weight excluding hydrogens is 278 g/mol. The molecule has 2 aliphatic rings. The minimum atomic E-state index is -0.899. The lowest BCUT2D eigenvalue weighted by molar-refractivity contribution is -0.0156. The van der Waals surface area contributed by atoms with Crippen molar-refractivity contribution in [3.8, 4) is 0 Å². The molecule has 3 rings (SSSR count). The van der Waals surface area contributed by atoms with E-state index >= 15 is 0 Å². The number of carbonyl (C=O) groups excluding carboxylic acids is 1. The number of hydrogen-bond acceptors (Lipinski definition) is 2. The molecule has 3 unspecified atom stereocenters. The van der Waals surface area contributed by atoms with Gasteiger partial charge >= 0.3 is 6.03 Å². The van der Waals surface area contributed by atoms with Crippen LogP contribution < -0.4 is 5.32 Å². The average Bonchev–Trinajstić information content (AvgIpc) is 3.17. The molecule has 3 atom stereocenters. The second kappa shape index (κ2) is 5.60. The van der Waals surface area contributed by atoms with E-state index in [0.29, 0.717) is 31.2 Å². The van der Waals surface area contributed by atoms with Crippen LogP contribution in [0.4, 0.5) is 13.6 Å². The number of nitrogens with one attached hydrogen (secondary N) is 1. The van der Waals surface area contributed by atoms with E-state index in [9.17, 15) is 13.6 Å². The fourth-order valence-electron chi connectivity index (χ4n) is 2.52. The second-order valence-electron chi connectivity index (χ2n) is 5.75. The average molecular weight is 296 g/mol. The van der Waals surface area contributed by atoms with Crippen molar-refractivity contribution >= 4 is 6.03 Å². The molecule has 4 nitrogen and oxygen atoms in total. The molecule has 21 heavy (non-hydrogen) atoms. The zero-order chi connectivity index (χ0) is 15.0. The summed E-state index contributed by atoms with van der Waals surface area (Å²) in [6.07, 6.45) is 0.596. The zero-order valence-corrected chi connectivity index (χ0v) is 11.8. The first-order valence-electron chi connectivity index (χ1n) is 7.16. The van der Waals surface area contributed by atoms with Crippen LogP contribution in [0.2, 0.25) is 0 Å². The molecule has 2 amide bonds. The summed E-state index contributed by atoms with van der Waals surface area (Å²) in [5, 5.41) is 2.96. The van der Waals surface area contributed by atoms with Crippen molar-refractivity contribution < 1.29 is 18.3 Å². The number of carbonyl (C=O) groups is 1. The number of morpholine rings is 1. The van der Waals surface area contributed by atoms with Gasteiger partial charge in [-0.1, -0.05) is 13.0 Å². The van der Waals surface area contributed by atoms with Crippen LogP contribution in [0, 0.1) is 17.6 Å². The highest BCUT2D eigenvalue weighted by Crippen LogP contribution is 2.30. The van der Waals surface area contributed by atoms with Crippen molar-refractivity contribution in [2.75, 3.05) is 19.7 Å². The number of rotatable bonds is 2. The standard InChI is InChI=1S/C15H18F2N2O2/c1-9-6-13(9)18-15(20)19-4-5-21-14(8-19)10-2-3-11(16)12(17)7-10/h2-3,7,9,13-14H,4-6,8H2,1H3,(H,18,20). The predicted molar refractivity (Wildman–Crippen MR) is 72.7 cm³/mol. The lowest BCUT2D eigenvalue weighted by Crippen LogP contribution is -2.48. The van der Waals surface area contributed by atoms with Crippen LogP contribution in [-0.4, -0.2) is 36.7 Å². The molecule has 0 aromatic heterocycles. The van der Waals surface area contributed by atoms with E-state index in [1.165, 1.54) is 6.07 Å². The fraction of sp³-hybridized carbons (Fsp3) is 0.533. The lowest BCUT2D eigenvalue weighted by atomic mass is 10.1. The van der Waals surface area contributed by atoms with Crippen LogP contribution in [0.25, 0.3) is 0 Å². The maximum absolute atomic E-state index is 13.3. The smallest absolute Gasteiger partial charge is 0.317 e. The van der Waals surface area contributed by atoms with Crippen molar-refractivity contribution in [1.29, 1.82) is 0 Å². The Hall–Kier alpha value is -1.69. The Balaban J connectivity index is 1.64. The first-order chi connectivity index (χ1) is 10.0. The van der Waals surface area contributed by atoms with Crippen LogP contribution in [0.5, 0.6) is 0 Å². The third-order valence-electron chi connectivity index (χ3n) is 4.09. The van der Waals surface area contributed by atoms with Gasteiger partial charge in [0.05, 0.1) is 13.2 Å². The fourth-order valence-corrected chi connectivity index (χ4v) is 2.52. The number of urea groups is 1. The summed E-state index contributed by atoms with van der Waals surface area (Å²) in [7, 11) is 0. The number of nitrogens with zero attached hydrogens (tertiary/aromatic N) is 1. The summed E-state index contributed by atoms with van der Waals surface area (Å²) in [6.45, 7) is 3.33. The lowest BCUT2D eigenvalue weighted by Gasteiger charge is -2.33. The van der Waals surface area contributed by atoms with Crippen LogP contribution in [0.15, 0.2) is 18.2 Å². The van der Waals surface area contributed by atoms with E-state index in [1.54, 1.807) is 4.90 Å². The van der Waals surface area contributed by atoms with Gasteiger partial charge < -0.3 is 15.0 Å². The molecule has 114 valence electrons. The third kappa shape index (κ3) is 3.15. The molecule has 1 N–H and O–H groups in total. The Labute approximate surface area is 122 Å². The van der Waals surface area contributed by atoms with Gasteiger partial charge in [0.25, 0.3) is 0 Å². The van der Waals surface area contributed by atoms with Gasteiger partial charge in [-0.3, -0.25) is 0 Å². The van der Waals surface area contributed by atoms with Crippen molar-refractivity contribution in [3.63, 3.8) is 0 Å². The Bertz CT molecular complexity index is 552. The number of hydrogen-bond donors (Lipinski definition) is 1. The molecule has 1 heterocycles. The Morgan fingerprint density at radius 2 is 2.14 bits per heavy atom. The van der Waals surface area contributed by atoms with E-state index < -0.39 is 17.7 Å². The molecule has 6 heteroatoms. The van der Waals surface area contributed by atoms with Crippen molar-refractivity contribution in [2.24, 2.45) is 5.92 Å². The van der Waals surface area contributed by atoms with E-state index in [0.717, 1.165) is 18.6 Å². The van der Waals surface area contributed by atoms with Gasteiger partial charge in [0.15, 0.2) is 11.6 Å². The molecule has 1 aliphatic carbocycles. The monoisotopic (exact) mass is 296 g/mol. The number of ether oxygens (including phenoxy) is 1. The maximum Gasteiger partial charge on any atom is 0.317 e. The molecular formula is C15H18F2N2O2. The van der Waals surface area contributed by atoms with Gasteiger partial charge in [-0.15, -0.1) is 0 Å². The normalized spacial score (nSPS) is 28.3. The van der Waals surface area contributed by atoms with Gasteiger partial charge in [-0.05, 0) is 30.0 Å². The SMILES string of the molecule is CC1CC1NC(=O)N1CCOC(c2ccc(F)c(F)c2)C1. The van der Waals surface area contributed by atoms with E-state index in [1.807, 2.05) is 0 Å². The number of amides is 2. The summed E-state index contributed by atoms with van der Waals surface area (Å²) < 4.78 is 31.8. The van der Waals surface area contributed by atoms with E-state index in [4.69, 9.17) is 4.74 Å². The minimum absolute atomic E-state index is 0.111. The Kier molecular flexibility index (Phi) is 3.80. The molecule has 0 spiro atoms. The summed E-state index contributed by atoms with van der Waals surface area (Å²) in [5.41, 5.74) is 0.547. The first-order valence-corrected chi connectivity index (χ1v) is 7.16. The van der Waals surface area contributed by atoms with E-state index in [2.05, 4.69) is 12.2 Å². The van der Waals surface area contributed by atoms with Gasteiger partial charge in [0.2, 0.25) is 0 Å². The van der Waals surface area contributed by atoms with Crippen LogP contribution >= 0.6 is 0 Å². The second-order valence-corrected chi connectivity index (χ2v) is 5.75. The molecule has 1 aromatic rings. The molecule has 1 aromatic carbocycles. The summed E-state index contributed by atoms with van der Waals surface area (Å²) in [4.78, 5) is 13.8. The zero-order valence-electron chi connectivity index (χ0n) is 11.8. The van der Waals surface area contributed by atoms with Gasteiger partial charge in [-0.2, -0.15) is 0 Å². The molecule has 0 radical (unpaired) electrons. The quantitative estimate of drug-likeness (QED) is 0.911. The van der Waals surface area contributed by atoms with Crippen molar-refractivity contribution in [1.82, 2.24) is 10.2 Å². The van der Waals surface area contributed by atoms with Crippen LogP contribution in [0.1, 0.15) is 25.0 Å². The topological polar surface area (TPSA) is 41.6 Å². The Morgan fingerprint density at radius 3 is 2.81 bits per heavy atom. The largest absolute Gasteiger partial charge is 0.370 e. The number of benzene rings is 1. The van der Waals surface area contributed by atoms with Crippen LogP contribution in [-0.2, 0) is 4.74 Å². The summed E-state index contributed by atoms with van der Waals surface area (Å²) >= 11 is 0. The van der Waals surface area contributed by atoms with Crippen LogP contribution in [0.3, 0.4) is 0 Å². The molecule has 1 saturated carbocycles.